The second-order valence-electron chi connectivity index (χ2n) is 3.56. The summed E-state index contributed by atoms with van der Waals surface area (Å²) >= 11 is 41.5. The summed E-state index contributed by atoms with van der Waals surface area (Å²) in [6.07, 6.45) is 1.91. The highest BCUT2D eigenvalue weighted by atomic mass is 35.6. The lowest BCUT2D eigenvalue weighted by molar-refractivity contribution is 0.698. The van der Waals surface area contributed by atoms with Gasteiger partial charge in [-0.1, -0.05) is 112 Å². The van der Waals surface area contributed by atoms with Crippen molar-refractivity contribution in [2.75, 3.05) is 0 Å². The molecule has 0 N–H and O–H groups in total. The minimum Gasteiger partial charge on any atom is -0.0930 e. The Morgan fingerprint density at radius 3 is 1.61 bits per heavy atom. The van der Waals surface area contributed by atoms with E-state index in [-0.39, 0.29) is 0 Å². The van der Waals surface area contributed by atoms with Gasteiger partial charge in [0, 0.05) is 0 Å². The predicted molar refractivity (Wildman–Crippen MR) is 83.6 cm³/mol. The zero-order valence-electron chi connectivity index (χ0n) is 9.03. The predicted octanol–water partition coefficient (Wildman–Crippen LogP) is 6.43. The summed E-state index contributed by atoms with van der Waals surface area (Å²) in [7, 11) is 0. The molecule has 0 amide bonds. The molecular formula is C11H8Cl7. The Kier molecular flexibility index (Phi) is 5.70. The van der Waals surface area contributed by atoms with Crippen molar-refractivity contribution in [3.8, 4) is 0 Å². The standard InChI is InChI=1S/C11H8Cl7/c1-2-7-3-5-8(6-4-7)9(12,13)10(14,15)11(16,17)18/h2-6H,1H3. The fourth-order valence-electron chi connectivity index (χ4n) is 1.24. The molecule has 0 bridgehead atoms. The second kappa shape index (κ2) is 5.93. The van der Waals surface area contributed by atoms with Gasteiger partial charge in [-0.2, -0.15) is 0 Å². The Morgan fingerprint density at radius 2 is 1.28 bits per heavy atom. The minimum atomic E-state index is -2.05. The molecule has 1 aromatic rings. The van der Waals surface area contributed by atoms with Gasteiger partial charge in [-0.25, -0.2) is 0 Å². The summed E-state index contributed by atoms with van der Waals surface area (Å²) in [5, 5.41) is 0. The first-order valence-electron chi connectivity index (χ1n) is 4.76. The third kappa shape index (κ3) is 3.28. The maximum Gasteiger partial charge on any atom is 0.226 e. The van der Waals surface area contributed by atoms with Crippen LogP contribution in [0.1, 0.15) is 18.1 Å². The lowest BCUT2D eigenvalue weighted by Gasteiger charge is -2.37. The van der Waals surface area contributed by atoms with Crippen LogP contribution in [0.4, 0.5) is 0 Å². The van der Waals surface area contributed by atoms with Crippen molar-refractivity contribution in [1.82, 2.24) is 0 Å². The highest BCUT2D eigenvalue weighted by molar-refractivity contribution is 6.78. The highest BCUT2D eigenvalue weighted by Crippen LogP contribution is 2.60. The quantitative estimate of drug-likeness (QED) is 0.523. The molecule has 0 fully saturated rings. The van der Waals surface area contributed by atoms with Gasteiger partial charge in [-0.05, 0) is 17.5 Å². The summed E-state index contributed by atoms with van der Waals surface area (Å²) in [5.74, 6) is 0. The summed E-state index contributed by atoms with van der Waals surface area (Å²) in [6, 6.07) is 6.95. The smallest absolute Gasteiger partial charge is 0.0930 e. The second-order valence-corrected chi connectivity index (χ2v) is 8.49. The van der Waals surface area contributed by atoms with Crippen molar-refractivity contribution >= 4 is 81.2 Å². The minimum absolute atomic E-state index is 0.438. The Labute approximate surface area is 141 Å². The molecule has 0 saturated heterocycles. The van der Waals surface area contributed by atoms with E-state index in [1.54, 1.807) is 24.3 Å². The molecule has 1 rings (SSSR count). The van der Waals surface area contributed by atoms with Gasteiger partial charge in [0.2, 0.25) is 8.13 Å². The van der Waals surface area contributed by atoms with E-state index in [4.69, 9.17) is 81.2 Å². The highest BCUT2D eigenvalue weighted by Gasteiger charge is 2.60. The van der Waals surface area contributed by atoms with E-state index >= 15 is 0 Å². The van der Waals surface area contributed by atoms with Crippen LogP contribution in [0.15, 0.2) is 24.3 Å². The number of alkyl halides is 7. The van der Waals surface area contributed by atoms with Crippen molar-refractivity contribution in [1.29, 1.82) is 0 Å². The number of benzene rings is 1. The molecule has 0 nitrogen and oxygen atoms in total. The van der Waals surface area contributed by atoms with Gasteiger partial charge < -0.3 is 0 Å². The maximum absolute atomic E-state index is 6.17. The van der Waals surface area contributed by atoms with Crippen LogP contribution < -0.4 is 0 Å². The zero-order chi connectivity index (χ0) is 14.2. The van der Waals surface area contributed by atoms with Gasteiger partial charge in [0.1, 0.15) is 0 Å². The van der Waals surface area contributed by atoms with Crippen molar-refractivity contribution in [3.05, 3.63) is 41.8 Å². The van der Waals surface area contributed by atoms with Crippen molar-refractivity contribution in [3.63, 3.8) is 0 Å². The molecular weight excluding hydrogens is 380 g/mol. The van der Waals surface area contributed by atoms with Crippen LogP contribution >= 0.6 is 81.2 Å². The van der Waals surface area contributed by atoms with Crippen molar-refractivity contribution in [2.24, 2.45) is 0 Å². The molecule has 101 valence electrons. The molecule has 1 radical (unpaired) electrons. The first-order valence-corrected chi connectivity index (χ1v) is 7.41. The molecule has 0 aliphatic carbocycles. The molecule has 0 spiro atoms. The number of hydrogen-bond acceptors (Lipinski definition) is 0. The van der Waals surface area contributed by atoms with Crippen LogP contribution in [0.2, 0.25) is 0 Å². The average molecular weight is 388 g/mol. The lowest BCUT2D eigenvalue weighted by atomic mass is 10.1. The van der Waals surface area contributed by atoms with Crippen LogP contribution in [-0.2, 0) is 4.33 Å². The fraction of sp³-hybridized carbons (Fsp3) is 0.364. The Bertz CT molecular complexity index is 402. The van der Waals surface area contributed by atoms with Crippen LogP contribution in [0.3, 0.4) is 0 Å². The average Bonchev–Trinajstić information content (AvgIpc) is 2.27. The van der Waals surface area contributed by atoms with E-state index < -0.39 is 12.5 Å². The number of hydrogen-bond donors (Lipinski definition) is 0. The topological polar surface area (TPSA) is 0 Å². The van der Waals surface area contributed by atoms with Gasteiger partial charge >= 0.3 is 0 Å². The normalized spacial score (nSPS) is 13.8. The molecule has 1 aromatic carbocycles. The van der Waals surface area contributed by atoms with Gasteiger partial charge in [0.15, 0.2) is 4.33 Å². The fourth-order valence-corrected chi connectivity index (χ4v) is 2.71. The summed E-state index contributed by atoms with van der Waals surface area (Å²) < 4.78 is -5.83. The van der Waals surface area contributed by atoms with E-state index in [9.17, 15) is 0 Å². The summed E-state index contributed by atoms with van der Waals surface area (Å²) in [6.45, 7) is 1.90. The van der Waals surface area contributed by atoms with Gasteiger partial charge in [-0.3, -0.25) is 0 Å². The first-order chi connectivity index (χ1) is 8.04. The SMILES string of the molecule is C[CH]c1ccc(C(Cl)(Cl)C(Cl)(Cl)C(Cl)(Cl)Cl)cc1. The Hall–Kier alpha value is 1.25. The third-order valence-electron chi connectivity index (χ3n) is 2.36. The van der Waals surface area contributed by atoms with E-state index in [1.165, 1.54) is 0 Å². The molecule has 0 aliphatic heterocycles. The number of halogens is 7. The van der Waals surface area contributed by atoms with Crippen LogP contribution in [-0.4, -0.2) is 8.13 Å². The van der Waals surface area contributed by atoms with Crippen LogP contribution in [0, 0.1) is 6.42 Å². The van der Waals surface area contributed by atoms with E-state index in [1.807, 2.05) is 13.3 Å². The van der Waals surface area contributed by atoms with E-state index in [0.29, 0.717) is 5.56 Å². The van der Waals surface area contributed by atoms with Crippen LogP contribution in [0.5, 0.6) is 0 Å². The maximum atomic E-state index is 6.17. The summed E-state index contributed by atoms with van der Waals surface area (Å²) in [4.78, 5) is 0. The third-order valence-corrected chi connectivity index (χ3v) is 6.31. The summed E-state index contributed by atoms with van der Waals surface area (Å²) in [5.41, 5.74) is 1.43. The van der Waals surface area contributed by atoms with Crippen molar-refractivity contribution < 1.29 is 0 Å². The zero-order valence-corrected chi connectivity index (χ0v) is 14.3. The molecule has 0 aliphatic rings. The molecule has 0 aromatic heterocycles. The molecule has 18 heavy (non-hydrogen) atoms. The van der Waals surface area contributed by atoms with E-state index in [0.717, 1.165) is 5.56 Å². The van der Waals surface area contributed by atoms with Gasteiger partial charge in [0.25, 0.3) is 0 Å². The molecule has 0 saturated carbocycles. The van der Waals surface area contributed by atoms with Crippen molar-refractivity contribution in [2.45, 2.75) is 19.4 Å². The Morgan fingerprint density at radius 1 is 0.833 bits per heavy atom. The molecule has 0 unspecified atom stereocenters. The Balaban J connectivity index is 3.19. The van der Waals surface area contributed by atoms with Gasteiger partial charge in [-0.15, -0.1) is 0 Å². The first kappa shape index (κ1) is 17.3. The monoisotopic (exact) mass is 385 g/mol. The molecule has 0 heterocycles. The molecule has 0 atom stereocenters. The lowest BCUT2D eigenvalue weighted by Crippen LogP contribution is -2.45. The van der Waals surface area contributed by atoms with Crippen LogP contribution in [0.25, 0.3) is 0 Å². The van der Waals surface area contributed by atoms with E-state index in [2.05, 4.69) is 0 Å². The largest absolute Gasteiger partial charge is 0.226 e. The number of rotatable bonds is 3. The van der Waals surface area contributed by atoms with Gasteiger partial charge in [0.05, 0.1) is 0 Å². The molecule has 7 heteroatoms.